The molecule has 0 aromatic heterocycles. The van der Waals surface area contributed by atoms with Crippen LogP contribution in [-0.2, 0) is 10.0 Å². The van der Waals surface area contributed by atoms with Crippen LogP contribution in [0.25, 0.3) is 0 Å². The summed E-state index contributed by atoms with van der Waals surface area (Å²) >= 11 is 12.1. The molecule has 8 heteroatoms. The second-order valence-corrected chi connectivity index (χ2v) is 11.7. The van der Waals surface area contributed by atoms with Gasteiger partial charge in [0.05, 0.1) is 27.8 Å². The zero-order valence-electron chi connectivity index (χ0n) is 19.3. The fourth-order valence-corrected chi connectivity index (χ4v) is 6.50. The summed E-state index contributed by atoms with van der Waals surface area (Å²) in [5, 5.41) is 4.34. The molecular formula is C27H26Cl2N2O3S. The van der Waals surface area contributed by atoms with Crippen LogP contribution in [0.3, 0.4) is 0 Å². The monoisotopic (exact) mass is 528 g/mol. The lowest BCUT2D eigenvalue weighted by molar-refractivity contribution is 0.242. The summed E-state index contributed by atoms with van der Waals surface area (Å²) < 4.78 is 34.7. The van der Waals surface area contributed by atoms with Gasteiger partial charge in [0.25, 0.3) is 10.0 Å². The Morgan fingerprint density at radius 3 is 2.51 bits per heavy atom. The smallest absolute Gasteiger partial charge is 0.261 e. The summed E-state index contributed by atoms with van der Waals surface area (Å²) in [5.41, 5.74) is 3.38. The van der Waals surface area contributed by atoms with E-state index in [2.05, 4.69) is 34.3 Å². The van der Waals surface area contributed by atoms with Gasteiger partial charge in [0, 0.05) is 16.6 Å². The molecular weight excluding hydrogens is 503 g/mol. The third-order valence-corrected chi connectivity index (χ3v) is 8.34. The maximum Gasteiger partial charge on any atom is 0.261 e. The lowest BCUT2D eigenvalue weighted by Crippen LogP contribution is -2.29. The van der Waals surface area contributed by atoms with E-state index in [4.69, 9.17) is 27.9 Å². The van der Waals surface area contributed by atoms with Crippen LogP contribution in [0.15, 0.2) is 77.7 Å². The second-order valence-electron chi connectivity index (χ2n) is 9.19. The Labute approximate surface area is 216 Å². The highest BCUT2D eigenvalue weighted by molar-refractivity contribution is 7.92. The van der Waals surface area contributed by atoms with Crippen molar-refractivity contribution in [3.05, 3.63) is 94.0 Å². The molecule has 0 fully saturated rings. The topological polar surface area (TPSA) is 67.4 Å². The van der Waals surface area contributed by atoms with Crippen LogP contribution in [0.1, 0.15) is 43.4 Å². The number of benzene rings is 3. The van der Waals surface area contributed by atoms with Crippen LogP contribution in [0, 0.1) is 5.92 Å². The molecule has 2 N–H and O–H groups in total. The molecule has 1 heterocycles. The van der Waals surface area contributed by atoms with E-state index in [1.54, 1.807) is 24.3 Å². The zero-order valence-corrected chi connectivity index (χ0v) is 21.7. The minimum absolute atomic E-state index is 0.115. The van der Waals surface area contributed by atoms with Crippen molar-refractivity contribution in [1.82, 2.24) is 0 Å². The number of nitrogens with one attached hydrogen (secondary N) is 2. The van der Waals surface area contributed by atoms with E-state index >= 15 is 0 Å². The molecule has 0 saturated carbocycles. The molecule has 5 rings (SSSR count). The Kier molecular flexibility index (Phi) is 6.47. The number of rotatable bonds is 6. The van der Waals surface area contributed by atoms with Gasteiger partial charge in [-0.05, 0) is 85.8 Å². The summed E-state index contributed by atoms with van der Waals surface area (Å²) in [5.74, 6) is 1.26. The minimum Gasteiger partial charge on any atom is -0.491 e. The molecule has 3 aromatic rings. The Bertz CT molecular complexity index is 1390. The maximum absolute atomic E-state index is 13.2. The number of sulfonamides is 1. The molecule has 1 aliphatic carbocycles. The SMILES string of the molecule is CC(C)Oc1ccc([C@H]2Nc3ccc(S(=O)(=O)Nc4ccc(Cl)cc4Cl)cc3[C@H]3C=CC[C@H]32)cc1. The normalized spacial score (nSPS) is 20.8. The first-order valence-corrected chi connectivity index (χ1v) is 13.8. The lowest BCUT2D eigenvalue weighted by Gasteiger charge is -2.37. The Morgan fingerprint density at radius 2 is 1.80 bits per heavy atom. The first-order chi connectivity index (χ1) is 16.7. The van der Waals surface area contributed by atoms with E-state index in [1.807, 2.05) is 32.0 Å². The number of hydrogen-bond donors (Lipinski definition) is 2. The van der Waals surface area contributed by atoms with Crippen molar-refractivity contribution in [3.63, 3.8) is 0 Å². The van der Waals surface area contributed by atoms with E-state index < -0.39 is 10.0 Å². The molecule has 3 atom stereocenters. The van der Waals surface area contributed by atoms with Gasteiger partial charge in [-0.3, -0.25) is 4.72 Å². The number of allylic oxidation sites excluding steroid dienone is 2. The van der Waals surface area contributed by atoms with Gasteiger partial charge in [0.15, 0.2) is 0 Å². The minimum atomic E-state index is -3.83. The second kappa shape index (κ2) is 9.41. The molecule has 3 aromatic carbocycles. The van der Waals surface area contributed by atoms with Crippen molar-refractivity contribution in [3.8, 4) is 5.75 Å². The summed E-state index contributed by atoms with van der Waals surface area (Å²) in [7, 11) is -3.83. The van der Waals surface area contributed by atoms with Crippen molar-refractivity contribution >= 4 is 44.6 Å². The van der Waals surface area contributed by atoms with Crippen LogP contribution < -0.4 is 14.8 Å². The number of halogens is 2. The van der Waals surface area contributed by atoms with Crippen LogP contribution in [-0.4, -0.2) is 14.5 Å². The quantitative estimate of drug-likeness (QED) is 0.327. The molecule has 5 nitrogen and oxygen atoms in total. The average molecular weight is 529 g/mol. The van der Waals surface area contributed by atoms with E-state index in [0.717, 1.165) is 23.4 Å². The standard InChI is InChI=1S/C27H26Cl2N2O3S/c1-16(2)34-19-9-6-17(7-10-19)27-22-5-3-4-21(22)23-15-20(11-13-25(23)30-27)35(32,33)31-26-12-8-18(28)14-24(26)29/h3-4,6-16,21-22,27,30-31H,5H2,1-2H3/t21-,22+,27+/m0/s1. The van der Waals surface area contributed by atoms with E-state index in [-0.39, 0.29) is 39.6 Å². The summed E-state index contributed by atoms with van der Waals surface area (Å²) in [6.45, 7) is 4.02. The van der Waals surface area contributed by atoms with Crippen LogP contribution in [0.2, 0.25) is 10.0 Å². The van der Waals surface area contributed by atoms with E-state index in [1.165, 1.54) is 11.6 Å². The number of fused-ring (bicyclic) bond motifs is 3. The highest BCUT2D eigenvalue weighted by atomic mass is 35.5. The molecule has 0 bridgehead atoms. The highest BCUT2D eigenvalue weighted by Crippen LogP contribution is 2.50. The molecule has 0 radical (unpaired) electrons. The molecule has 1 aliphatic heterocycles. The van der Waals surface area contributed by atoms with Crippen molar-refractivity contribution in [2.75, 3.05) is 10.0 Å². The fraction of sp³-hybridized carbons (Fsp3) is 0.259. The van der Waals surface area contributed by atoms with Crippen LogP contribution in [0.4, 0.5) is 11.4 Å². The van der Waals surface area contributed by atoms with Crippen molar-refractivity contribution in [2.45, 2.75) is 43.2 Å². The van der Waals surface area contributed by atoms with Crippen molar-refractivity contribution in [1.29, 1.82) is 0 Å². The average Bonchev–Trinajstić information content (AvgIpc) is 3.31. The molecule has 0 saturated heterocycles. The predicted molar refractivity (Wildman–Crippen MR) is 142 cm³/mol. The first kappa shape index (κ1) is 24.0. The third-order valence-electron chi connectivity index (χ3n) is 6.43. The molecule has 0 amide bonds. The number of ether oxygens (including phenoxy) is 1. The Morgan fingerprint density at radius 1 is 1.03 bits per heavy atom. The van der Waals surface area contributed by atoms with Crippen LogP contribution >= 0.6 is 23.2 Å². The molecule has 0 unspecified atom stereocenters. The van der Waals surface area contributed by atoms with E-state index in [9.17, 15) is 8.42 Å². The van der Waals surface area contributed by atoms with Crippen molar-refractivity contribution < 1.29 is 13.2 Å². The van der Waals surface area contributed by atoms with Crippen LogP contribution in [0.5, 0.6) is 5.75 Å². The van der Waals surface area contributed by atoms with Gasteiger partial charge < -0.3 is 10.1 Å². The lowest BCUT2D eigenvalue weighted by atomic mass is 9.77. The first-order valence-electron chi connectivity index (χ1n) is 11.5. The summed E-state index contributed by atoms with van der Waals surface area (Å²) in [6.07, 6.45) is 5.41. The summed E-state index contributed by atoms with van der Waals surface area (Å²) in [4.78, 5) is 0.191. The largest absolute Gasteiger partial charge is 0.491 e. The number of hydrogen-bond acceptors (Lipinski definition) is 4. The van der Waals surface area contributed by atoms with Gasteiger partial charge in [0.2, 0.25) is 0 Å². The van der Waals surface area contributed by atoms with Gasteiger partial charge >= 0.3 is 0 Å². The zero-order chi connectivity index (χ0) is 24.7. The molecule has 0 spiro atoms. The van der Waals surface area contributed by atoms with Gasteiger partial charge in [-0.25, -0.2) is 8.42 Å². The molecule has 35 heavy (non-hydrogen) atoms. The molecule has 2 aliphatic rings. The number of anilines is 2. The van der Waals surface area contributed by atoms with Crippen molar-refractivity contribution in [2.24, 2.45) is 5.92 Å². The Balaban J connectivity index is 1.43. The van der Waals surface area contributed by atoms with Gasteiger partial charge in [-0.2, -0.15) is 0 Å². The van der Waals surface area contributed by atoms with Gasteiger partial charge in [0.1, 0.15) is 5.75 Å². The third kappa shape index (κ3) is 4.88. The predicted octanol–water partition coefficient (Wildman–Crippen LogP) is 7.41. The fourth-order valence-electron chi connectivity index (χ4n) is 4.87. The summed E-state index contributed by atoms with van der Waals surface area (Å²) in [6, 6.07) is 18.2. The highest BCUT2D eigenvalue weighted by Gasteiger charge is 2.38. The van der Waals surface area contributed by atoms with Gasteiger partial charge in [-0.15, -0.1) is 0 Å². The molecule has 182 valence electrons. The Hall–Kier alpha value is -2.67. The van der Waals surface area contributed by atoms with E-state index in [0.29, 0.717) is 5.02 Å². The maximum atomic E-state index is 13.2. The van der Waals surface area contributed by atoms with Gasteiger partial charge in [-0.1, -0.05) is 47.5 Å².